The summed E-state index contributed by atoms with van der Waals surface area (Å²) in [5.41, 5.74) is -1.76. The molecule has 0 amide bonds. The minimum atomic E-state index is -1.46. The topological polar surface area (TPSA) is 127 Å². The molecule has 0 aliphatic heterocycles. The molecular formula is C32H50O8. The van der Waals surface area contributed by atoms with Gasteiger partial charge in [0.15, 0.2) is 0 Å². The summed E-state index contributed by atoms with van der Waals surface area (Å²) in [5, 5.41) is 19.3. The molecule has 0 fully saturated rings. The van der Waals surface area contributed by atoms with Crippen LogP contribution in [0.4, 0.5) is 0 Å². The van der Waals surface area contributed by atoms with Crippen molar-refractivity contribution < 1.29 is 38.9 Å². The molecule has 226 valence electrons. The lowest BCUT2D eigenvalue weighted by molar-refractivity contribution is 0.0472. The monoisotopic (exact) mass is 562 g/mol. The minimum absolute atomic E-state index is 0.110. The Hall–Kier alpha value is -2.90. The number of esters is 2. The average Bonchev–Trinajstić information content (AvgIpc) is 2.93. The third kappa shape index (κ3) is 14.5. The Morgan fingerprint density at radius 3 is 1.02 bits per heavy atom. The fraction of sp³-hybridized carbons (Fsp3) is 0.688. The first kappa shape index (κ1) is 35.1. The zero-order valence-electron chi connectivity index (χ0n) is 24.6. The number of aromatic carboxylic acids is 2. The van der Waals surface area contributed by atoms with Gasteiger partial charge < -0.3 is 19.7 Å². The van der Waals surface area contributed by atoms with Crippen molar-refractivity contribution in [2.75, 3.05) is 13.2 Å². The van der Waals surface area contributed by atoms with Crippen LogP contribution in [0.15, 0.2) is 12.1 Å². The molecule has 0 aliphatic rings. The number of ether oxygens (including phenoxy) is 2. The van der Waals surface area contributed by atoms with Gasteiger partial charge in [-0.15, -0.1) is 0 Å². The van der Waals surface area contributed by atoms with Gasteiger partial charge in [0, 0.05) is 0 Å². The lowest BCUT2D eigenvalue weighted by Gasteiger charge is -2.12. The smallest absolute Gasteiger partial charge is 0.339 e. The quantitative estimate of drug-likeness (QED) is 0.0948. The molecule has 0 bridgehead atoms. The number of benzene rings is 1. The van der Waals surface area contributed by atoms with Crippen LogP contribution >= 0.6 is 0 Å². The average molecular weight is 563 g/mol. The third-order valence-corrected chi connectivity index (χ3v) is 7.02. The van der Waals surface area contributed by atoms with Gasteiger partial charge in [-0.25, -0.2) is 19.2 Å². The normalized spacial score (nSPS) is 10.8. The Morgan fingerprint density at radius 2 is 0.750 bits per heavy atom. The first-order valence-electron chi connectivity index (χ1n) is 15.3. The number of carbonyl (C=O) groups excluding carboxylic acids is 2. The predicted molar refractivity (Wildman–Crippen MR) is 155 cm³/mol. The Morgan fingerprint density at radius 1 is 0.475 bits per heavy atom. The molecule has 0 radical (unpaired) electrons. The fourth-order valence-electron chi connectivity index (χ4n) is 4.60. The maximum Gasteiger partial charge on any atom is 0.339 e. The summed E-state index contributed by atoms with van der Waals surface area (Å²) in [6, 6.07) is 1.80. The molecule has 8 nitrogen and oxygen atoms in total. The van der Waals surface area contributed by atoms with Gasteiger partial charge in [0.05, 0.1) is 35.5 Å². The van der Waals surface area contributed by atoms with Crippen LogP contribution in [0.5, 0.6) is 0 Å². The van der Waals surface area contributed by atoms with Crippen molar-refractivity contribution in [3.8, 4) is 0 Å². The van der Waals surface area contributed by atoms with Gasteiger partial charge in [-0.3, -0.25) is 0 Å². The summed E-state index contributed by atoms with van der Waals surface area (Å²) < 4.78 is 10.5. The SMILES string of the molecule is CCCCCCCCCCCOC(=O)c1cc(C(=O)O)c(C(=O)OCCCCCCCCCCC)cc1C(=O)O. The first-order chi connectivity index (χ1) is 19.3. The van der Waals surface area contributed by atoms with Gasteiger partial charge in [-0.2, -0.15) is 0 Å². The molecule has 0 saturated heterocycles. The Bertz CT molecular complexity index is 835. The predicted octanol–water partition coefficient (Wildman–Crippen LogP) is 8.46. The van der Waals surface area contributed by atoms with Crippen molar-refractivity contribution >= 4 is 23.9 Å². The Balaban J connectivity index is 2.61. The van der Waals surface area contributed by atoms with E-state index in [0.29, 0.717) is 12.8 Å². The molecule has 0 saturated carbocycles. The highest BCUT2D eigenvalue weighted by molar-refractivity contribution is 6.09. The molecule has 0 aliphatic carbocycles. The van der Waals surface area contributed by atoms with Crippen molar-refractivity contribution in [3.05, 3.63) is 34.4 Å². The first-order valence-corrected chi connectivity index (χ1v) is 15.3. The van der Waals surface area contributed by atoms with E-state index >= 15 is 0 Å². The molecule has 1 aromatic carbocycles. The molecule has 0 spiro atoms. The molecule has 0 atom stereocenters. The van der Waals surface area contributed by atoms with Crippen molar-refractivity contribution in [1.82, 2.24) is 0 Å². The number of unbranched alkanes of at least 4 members (excludes halogenated alkanes) is 16. The number of hydrogen-bond donors (Lipinski definition) is 2. The van der Waals surface area contributed by atoms with Crippen LogP contribution in [0, 0.1) is 0 Å². The molecule has 0 heterocycles. The van der Waals surface area contributed by atoms with Gasteiger partial charge in [-0.05, 0) is 25.0 Å². The van der Waals surface area contributed by atoms with Crippen LogP contribution < -0.4 is 0 Å². The summed E-state index contributed by atoms with van der Waals surface area (Å²) in [6.45, 7) is 4.59. The minimum Gasteiger partial charge on any atom is -0.478 e. The number of carboxylic acids is 2. The zero-order chi connectivity index (χ0) is 29.6. The molecular weight excluding hydrogens is 512 g/mol. The molecule has 0 unspecified atom stereocenters. The van der Waals surface area contributed by atoms with E-state index < -0.39 is 46.1 Å². The van der Waals surface area contributed by atoms with E-state index in [0.717, 1.165) is 50.7 Å². The van der Waals surface area contributed by atoms with E-state index in [-0.39, 0.29) is 13.2 Å². The van der Waals surface area contributed by atoms with E-state index in [1.54, 1.807) is 0 Å². The summed E-state index contributed by atoms with van der Waals surface area (Å²) in [7, 11) is 0. The second kappa shape index (κ2) is 21.9. The van der Waals surface area contributed by atoms with Crippen LogP contribution in [0.1, 0.15) is 171 Å². The molecule has 1 aromatic rings. The van der Waals surface area contributed by atoms with Gasteiger partial charge in [0.2, 0.25) is 0 Å². The van der Waals surface area contributed by atoms with E-state index in [4.69, 9.17) is 9.47 Å². The van der Waals surface area contributed by atoms with Crippen LogP contribution in [-0.4, -0.2) is 47.3 Å². The van der Waals surface area contributed by atoms with E-state index in [2.05, 4.69) is 13.8 Å². The van der Waals surface area contributed by atoms with Crippen LogP contribution in [-0.2, 0) is 9.47 Å². The van der Waals surface area contributed by atoms with E-state index in [1.165, 1.54) is 64.2 Å². The highest BCUT2D eigenvalue weighted by atomic mass is 16.5. The fourth-order valence-corrected chi connectivity index (χ4v) is 4.60. The maximum atomic E-state index is 12.6. The van der Waals surface area contributed by atoms with Gasteiger partial charge in [0.25, 0.3) is 0 Å². The molecule has 40 heavy (non-hydrogen) atoms. The number of hydrogen-bond acceptors (Lipinski definition) is 6. The Labute approximate surface area is 239 Å². The second-order valence-corrected chi connectivity index (χ2v) is 10.5. The highest BCUT2D eigenvalue weighted by Crippen LogP contribution is 2.21. The molecule has 1 rings (SSSR count). The number of carbonyl (C=O) groups is 4. The molecule has 0 aromatic heterocycles. The highest BCUT2D eigenvalue weighted by Gasteiger charge is 2.27. The Kier molecular flexibility index (Phi) is 19.2. The maximum absolute atomic E-state index is 12.6. The van der Waals surface area contributed by atoms with Gasteiger partial charge in [0.1, 0.15) is 0 Å². The number of carboxylic acid groups (broad SMARTS) is 2. The second-order valence-electron chi connectivity index (χ2n) is 10.5. The summed E-state index contributed by atoms with van der Waals surface area (Å²) >= 11 is 0. The zero-order valence-corrected chi connectivity index (χ0v) is 24.6. The molecule has 8 heteroatoms. The largest absolute Gasteiger partial charge is 0.478 e. The van der Waals surface area contributed by atoms with Crippen LogP contribution in [0.2, 0.25) is 0 Å². The van der Waals surface area contributed by atoms with Crippen molar-refractivity contribution in [3.63, 3.8) is 0 Å². The molecule has 2 N–H and O–H groups in total. The lowest BCUT2D eigenvalue weighted by Crippen LogP contribution is -2.19. The standard InChI is InChI=1S/C32H50O8/c1-3-5-7-9-11-13-15-17-19-21-39-31(37)27-23-26(30(35)36)28(24-25(27)29(33)34)32(38)40-22-20-18-16-14-12-10-8-6-4-2/h23-24H,3-22H2,1-2H3,(H,33,34)(H,35,36). The number of rotatable bonds is 24. The lowest BCUT2D eigenvalue weighted by atomic mass is 9.98. The van der Waals surface area contributed by atoms with Crippen LogP contribution in [0.25, 0.3) is 0 Å². The summed E-state index contributed by atoms with van der Waals surface area (Å²) in [5.74, 6) is -4.76. The summed E-state index contributed by atoms with van der Waals surface area (Å²) in [6.07, 6.45) is 19.7. The summed E-state index contributed by atoms with van der Waals surface area (Å²) in [4.78, 5) is 49.0. The van der Waals surface area contributed by atoms with Crippen molar-refractivity contribution in [2.45, 2.75) is 129 Å². The van der Waals surface area contributed by atoms with E-state index in [1.807, 2.05) is 0 Å². The van der Waals surface area contributed by atoms with Crippen molar-refractivity contribution in [1.29, 1.82) is 0 Å². The van der Waals surface area contributed by atoms with E-state index in [9.17, 15) is 29.4 Å². The van der Waals surface area contributed by atoms with Gasteiger partial charge in [-0.1, -0.05) is 117 Å². The van der Waals surface area contributed by atoms with Crippen LogP contribution in [0.3, 0.4) is 0 Å². The third-order valence-electron chi connectivity index (χ3n) is 7.02. The van der Waals surface area contributed by atoms with Gasteiger partial charge >= 0.3 is 23.9 Å². The van der Waals surface area contributed by atoms with Crippen molar-refractivity contribution in [2.24, 2.45) is 0 Å².